The number of ether oxygens (including phenoxy) is 2. The van der Waals surface area contributed by atoms with Crippen LogP contribution in [0.2, 0.25) is 5.32 Å². The van der Waals surface area contributed by atoms with E-state index in [4.69, 9.17) is 9.47 Å². The molecule has 29 heavy (non-hydrogen) atoms. The zero-order chi connectivity index (χ0) is 21.6. The van der Waals surface area contributed by atoms with Crippen LogP contribution in [0.4, 0.5) is 10.5 Å². The first kappa shape index (κ1) is 23.2. The first-order valence-electron chi connectivity index (χ1n) is 9.68. The Hall–Kier alpha value is -2.12. The summed E-state index contributed by atoms with van der Waals surface area (Å²) in [5, 5.41) is 11.9. The normalized spacial score (nSPS) is 19.1. The first-order chi connectivity index (χ1) is 13.6. The summed E-state index contributed by atoms with van der Waals surface area (Å²) in [5.74, 6) is -0.412. The predicted octanol–water partition coefficient (Wildman–Crippen LogP) is 3.06. The Kier molecular flexibility index (Phi) is 8.04. The van der Waals surface area contributed by atoms with Crippen LogP contribution in [-0.4, -0.2) is 61.1 Å². The molecular formula is C20H28N2O6Se. The van der Waals surface area contributed by atoms with Gasteiger partial charge in [-0.1, -0.05) is 0 Å². The van der Waals surface area contributed by atoms with Crippen molar-refractivity contribution in [3.05, 3.63) is 34.4 Å². The summed E-state index contributed by atoms with van der Waals surface area (Å²) in [6.07, 6.45) is 1.34. The van der Waals surface area contributed by atoms with Crippen molar-refractivity contribution in [3.8, 4) is 0 Å². The summed E-state index contributed by atoms with van der Waals surface area (Å²) in [7, 11) is 0. The quantitative estimate of drug-likeness (QED) is 0.262. The van der Waals surface area contributed by atoms with Gasteiger partial charge < -0.3 is 0 Å². The van der Waals surface area contributed by atoms with E-state index in [9.17, 15) is 19.7 Å². The van der Waals surface area contributed by atoms with Gasteiger partial charge in [0, 0.05) is 0 Å². The van der Waals surface area contributed by atoms with Gasteiger partial charge in [-0.15, -0.1) is 0 Å². The molecule has 0 spiro atoms. The summed E-state index contributed by atoms with van der Waals surface area (Å²) >= 11 is -0.106. The zero-order valence-corrected chi connectivity index (χ0v) is 19.0. The van der Waals surface area contributed by atoms with Crippen LogP contribution in [0.15, 0.2) is 24.3 Å². The molecule has 1 fully saturated rings. The molecule has 1 unspecified atom stereocenters. The minimum atomic E-state index is -0.669. The third-order valence-corrected chi connectivity index (χ3v) is 6.74. The molecule has 1 aromatic carbocycles. The van der Waals surface area contributed by atoms with Gasteiger partial charge in [0.25, 0.3) is 0 Å². The van der Waals surface area contributed by atoms with Gasteiger partial charge in [-0.3, -0.25) is 0 Å². The van der Waals surface area contributed by atoms with E-state index < -0.39 is 23.7 Å². The number of amides is 1. The Labute approximate surface area is 177 Å². The Balaban J connectivity index is 2.08. The molecule has 2 atom stereocenters. The van der Waals surface area contributed by atoms with E-state index in [0.29, 0.717) is 19.3 Å². The summed E-state index contributed by atoms with van der Waals surface area (Å²) in [4.78, 5) is 37.5. The number of benzene rings is 1. The molecule has 160 valence electrons. The SMILES string of the molecule is CCOC(=O)[C@@H]1CCC(CC[Se]c2ccccc2[N+](=O)[O-])N1C(=O)OC(C)(C)C. The maximum atomic E-state index is 12.8. The average molecular weight is 471 g/mol. The summed E-state index contributed by atoms with van der Waals surface area (Å²) in [6, 6.07) is 5.94. The first-order valence-corrected chi connectivity index (χ1v) is 11.7. The van der Waals surface area contributed by atoms with Crippen LogP contribution in [0, 0.1) is 10.1 Å². The molecule has 1 heterocycles. The van der Waals surface area contributed by atoms with Gasteiger partial charge in [-0.2, -0.15) is 0 Å². The number of hydrogen-bond acceptors (Lipinski definition) is 6. The number of carbonyl (C=O) groups is 2. The van der Waals surface area contributed by atoms with Gasteiger partial charge in [0.05, 0.1) is 0 Å². The van der Waals surface area contributed by atoms with Crippen molar-refractivity contribution < 1.29 is 24.0 Å². The fourth-order valence-electron chi connectivity index (χ4n) is 3.26. The van der Waals surface area contributed by atoms with Crippen molar-refractivity contribution in [1.82, 2.24) is 4.90 Å². The number of nitrogens with zero attached hydrogens (tertiary/aromatic N) is 2. The Bertz CT molecular complexity index is 749. The third kappa shape index (κ3) is 6.44. The van der Waals surface area contributed by atoms with E-state index in [1.54, 1.807) is 45.9 Å². The van der Waals surface area contributed by atoms with E-state index >= 15 is 0 Å². The molecule has 0 saturated carbocycles. The van der Waals surface area contributed by atoms with Crippen LogP contribution in [0.3, 0.4) is 0 Å². The van der Waals surface area contributed by atoms with Gasteiger partial charge in [0.1, 0.15) is 0 Å². The van der Waals surface area contributed by atoms with Crippen molar-refractivity contribution >= 4 is 37.2 Å². The number of nitro groups is 1. The van der Waals surface area contributed by atoms with E-state index in [1.165, 1.54) is 11.0 Å². The van der Waals surface area contributed by atoms with Gasteiger partial charge in [-0.25, -0.2) is 0 Å². The third-order valence-electron chi connectivity index (χ3n) is 4.44. The second-order valence-corrected chi connectivity index (χ2v) is 10.1. The van der Waals surface area contributed by atoms with E-state index in [0.717, 1.165) is 9.78 Å². The molecule has 2 rings (SSSR count). The second kappa shape index (κ2) is 10.1. The summed E-state index contributed by atoms with van der Waals surface area (Å²) < 4.78 is 11.4. The van der Waals surface area contributed by atoms with Crippen LogP contribution in [0.1, 0.15) is 47.0 Å². The molecule has 0 aliphatic carbocycles. The van der Waals surface area contributed by atoms with Gasteiger partial charge in [-0.05, 0) is 0 Å². The van der Waals surface area contributed by atoms with Crippen LogP contribution in [0.5, 0.6) is 0 Å². The van der Waals surface area contributed by atoms with Gasteiger partial charge >= 0.3 is 177 Å². The van der Waals surface area contributed by atoms with Crippen LogP contribution in [0.25, 0.3) is 0 Å². The van der Waals surface area contributed by atoms with Crippen molar-refractivity contribution in [2.24, 2.45) is 0 Å². The van der Waals surface area contributed by atoms with E-state index in [2.05, 4.69) is 0 Å². The molecule has 1 aliphatic rings. The second-order valence-electron chi connectivity index (χ2n) is 7.75. The molecule has 1 saturated heterocycles. The molecule has 1 aliphatic heterocycles. The Morgan fingerprint density at radius 1 is 1.28 bits per heavy atom. The topological polar surface area (TPSA) is 99.0 Å². The molecular weight excluding hydrogens is 443 g/mol. The fourth-order valence-corrected chi connectivity index (χ4v) is 5.52. The fraction of sp³-hybridized carbons (Fsp3) is 0.600. The van der Waals surface area contributed by atoms with Crippen LogP contribution < -0.4 is 4.46 Å². The molecule has 8 nitrogen and oxygen atoms in total. The standard InChI is InChI=1S/C20H28N2O6Se/c1-5-27-18(23)16-11-10-14(21(16)19(24)28-20(2,3)4)12-13-29-17-9-7-6-8-15(17)22(25)26/h6-9,14,16H,5,10-13H2,1-4H3/t14?,16-/m0/s1. The number of rotatable bonds is 7. The molecule has 1 amide bonds. The summed E-state index contributed by atoms with van der Waals surface area (Å²) in [6.45, 7) is 7.34. The summed E-state index contributed by atoms with van der Waals surface area (Å²) in [5.41, 5.74) is -0.537. The average Bonchev–Trinajstić information content (AvgIpc) is 3.05. The molecule has 0 radical (unpaired) electrons. The van der Waals surface area contributed by atoms with Crippen LogP contribution in [-0.2, 0) is 14.3 Å². The van der Waals surface area contributed by atoms with Gasteiger partial charge in [0.2, 0.25) is 0 Å². The molecule has 9 heteroatoms. The number of para-hydroxylation sites is 1. The molecule has 1 aromatic rings. The minimum absolute atomic E-state index is 0.106. The van der Waals surface area contributed by atoms with Crippen molar-refractivity contribution in [2.75, 3.05) is 6.61 Å². The zero-order valence-electron chi connectivity index (χ0n) is 17.3. The van der Waals surface area contributed by atoms with E-state index in [-0.39, 0.29) is 38.2 Å². The Morgan fingerprint density at radius 2 is 1.97 bits per heavy atom. The number of carbonyl (C=O) groups excluding carboxylic acids is 2. The maximum absolute atomic E-state index is 12.8. The van der Waals surface area contributed by atoms with Crippen molar-refractivity contribution in [1.29, 1.82) is 0 Å². The van der Waals surface area contributed by atoms with Crippen molar-refractivity contribution in [2.45, 2.75) is 70.0 Å². The molecule has 0 N–H and O–H groups in total. The molecule has 0 aromatic heterocycles. The Morgan fingerprint density at radius 3 is 2.59 bits per heavy atom. The number of nitro benzene ring substituents is 1. The molecule has 0 bridgehead atoms. The van der Waals surface area contributed by atoms with Gasteiger partial charge in [0.15, 0.2) is 0 Å². The number of likely N-dealkylation sites (tertiary alicyclic amines) is 1. The number of hydrogen-bond donors (Lipinski definition) is 0. The number of esters is 1. The van der Waals surface area contributed by atoms with Crippen molar-refractivity contribution in [3.63, 3.8) is 0 Å². The monoisotopic (exact) mass is 472 g/mol. The predicted molar refractivity (Wildman–Crippen MR) is 109 cm³/mol. The van der Waals surface area contributed by atoms with Crippen LogP contribution >= 0.6 is 0 Å². The van der Waals surface area contributed by atoms with E-state index in [1.807, 2.05) is 0 Å².